The molecule has 0 spiro atoms. The Bertz CT molecular complexity index is 888. The van der Waals surface area contributed by atoms with Crippen molar-refractivity contribution in [3.8, 4) is 5.75 Å². The lowest BCUT2D eigenvalue weighted by Crippen LogP contribution is -2.29. The molecule has 1 N–H and O–H groups in total. The molecule has 1 heterocycles. The fraction of sp³-hybridized carbons (Fsp3) is 0.0556. The van der Waals surface area contributed by atoms with E-state index in [1.165, 1.54) is 6.07 Å². The molecule has 0 saturated carbocycles. The largest absolute Gasteiger partial charge is 0.507 e. The molecule has 0 fully saturated rings. The van der Waals surface area contributed by atoms with Crippen LogP contribution < -0.4 is 0 Å². The summed E-state index contributed by atoms with van der Waals surface area (Å²) in [5.74, 6) is -0.818. The van der Waals surface area contributed by atoms with Crippen LogP contribution in [-0.4, -0.2) is 27.6 Å². The second-order valence-corrected chi connectivity index (χ2v) is 6.10. The van der Waals surface area contributed by atoms with E-state index in [0.717, 1.165) is 5.01 Å². The molecule has 0 aliphatic carbocycles. The summed E-state index contributed by atoms with van der Waals surface area (Å²) in [6.45, 7) is 1.68. The van der Waals surface area contributed by atoms with Crippen LogP contribution in [0.25, 0.3) is 6.08 Å². The van der Waals surface area contributed by atoms with Gasteiger partial charge in [-0.15, -0.1) is 0 Å². The smallest absolute Gasteiger partial charge is 0.283 e. The van der Waals surface area contributed by atoms with Crippen LogP contribution in [0.2, 0.25) is 0 Å². The lowest BCUT2D eigenvalue weighted by Gasteiger charge is -2.09. The van der Waals surface area contributed by atoms with E-state index in [9.17, 15) is 14.7 Å². The van der Waals surface area contributed by atoms with E-state index >= 15 is 0 Å². The van der Waals surface area contributed by atoms with E-state index in [1.807, 2.05) is 0 Å². The topological polar surface area (TPSA) is 70.0 Å². The highest BCUT2D eigenvalue weighted by molar-refractivity contribution is 9.10. The maximum atomic E-state index is 12.5. The molecule has 1 aliphatic heterocycles. The average Bonchev–Trinajstić information content (AvgIpc) is 2.86. The van der Waals surface area contributed by atoms with Gasteiger partial charge < -0.3 is 5.11 Å². The number of amides is 2. The van der Waals surface area contributed by atoms with Gasteiger partial charge in [0, 0.05) is 5.56 Å². The van der Waals surface area contributed by atoms with Crippen LogP contribution in [0.1, 0.15) is 22.8 Å². The molecule has 1 aliphatic rings. The lowest BCUT2D eigenvalue weighted by molar-refractivity contribution is -0.123. The maximum Gasteiger partial charge on any atom is 0.283 e. The molecule has 0 bridgehead atoms. The molecule has 6 heteroatoms. The molecule has 5 nitrogen and oxygen atoms in total. The first-order valence-electron chi connectivity index (χ1n) is 7.17. The molecule has 0 atom stereocenters. The first-order chi connectivity index (χ1) is 11.5. The Morgan fingerprint density at radius 1 is 1.21 bits per heavy atom. The van der Waals surface area contributed by atoms with E-state index in [4.69, 9.17) is 0 Å². The highest BCUT2D eigenvalue weighted by atomic mass is 79.9. The number of aromatic hydroxyl groups is 1. The Kier molecular flexibility index (Phi) is 4.31. The van der Waals surface area contributed by atoms with Gasteiger partial charge in [0.05, 0.1) is 15.8 Å². The van der Waals surface area contributed by atoms with Crippen LogP contribution in [-0.2, 0) is 4.79 Å². The minimum atomic E-state index is -0.467. The third-order valence-electron chi connectivity index (χ3n) is 3.56. The SMILES string of the molecule is CC1=NN(C(=O)c2ccccc2)C(=O)/C1=C/c1ccc(O)c(Br)c1. The van der Waals surface area contributed by atoms with Crippen molar-refractivity contribution in [3.63, 3.8) is 0 Å². The number of nitrogens with zero attached hydrogens (tertiary/aromatic N) is 2. The number of imide groups is 1. The molecule has 120 valence electrons. The van der Waals surface area contributed by atoms with Crippen LogP contribution >= 0.6 is 15.9 Å². The minimum absolute atomic E-state index is 0.112. The normalized spacial score (nSPS) is 15.8. The second-order valence-electron chi connectivity index (χ2n) is 5.24. The van der Waals surface area contributed by atoms with Crippen LogP contribution in [0, 0.1) is 0 Å². The number of phenolic OH excluding ortho intramolecular Hbond substituents is 1. The number of rotatable bonds is 2. The van der Waals surface area contributed by atoms with Crippen molar-refractivity contribution in [2.24, 2.45) is 5.10 Å². The maximum absolute atomic E-state index is 12.5. The standard InChI is InChI=1S/C18H13BrN2O3/c1-11-14(9-12-7-8-16(22)15(19)10-12)18(24)21(20-11)17(23)13-5-3-2-4-6-13/h2-10,22H,1H3/b14-9+. The fourth-order valence-electron chi connectivity index (χ4n) is 2.30. The van der Waals surface area contributed by atoms with Crippen molar-refractivity contribution in [2.75, 3.05) is 0 Å². The molecular weight excluding hydrogens is 372 g/mol. The van der Waals surface area contributed by atoms with Gasteiger partial charge >= 0.3 is 0 Å². The van der Waals surface area contributed by atoms with Gasteiger partial charge in [-0.1, -0.05) is 24.3 Å². The van der Waals surface area contributed by atoms with Crippen molar-refractivity contribution in [1.29, 1.82) is 0 Å². The van der Waals surface area contributed by atoms with Crippen LogP contribution in [0.15, 0.2) is 63.7 Å². The summed E-state index contributed by atoms with van der Waals surface area (Å²) in [6, 6.07) is 13.4. The first-order valence-corrected chi connectivity index (χ1v) is 7.96. The van der Waals surface area contributed by atoms with E-state index in [2.05, 4.69) is 21.0 Å². The van der Waals surface area contributed by atoms with Crippen molar-refractivity contribution in [1.82, 2.24) is 5.01 Å². The molecular formula is C18H13BrN2O3. The number of benzene rings is 2. The van der Waals surface area contributed by atoms with Crippen LogP contribution in [0.3, 0.4) is 0 Å². The van der Waals surface area contributed by atoms with Gasteiger partial charge in [-0.2, -0.15) is 10.1 Å². The first kappa shape index (κ1) is 16.1. The Morgan fingerprint density at radius 2 is 1.92 bits per heavy atom. The summed E-state index contributed by atoms with van der Waals surface area (Å²) >= 11 is 3.23. The van der Waals surface area contributed by atoms with E-state index in [0.29, 0.717) is 26.9 Å². The van der Waals surface area contributed by atoms with E-state index < -0.39 is 11.8 Å². The van der Waals surface area contributed by atoms with Gasteiger partial charge in [0.2, 0.25) is 0 Å². The van der Waals surface area contributed by atoms with Crippen molar-refractivity contribution < 1.29 is 14.7 Å². The molecule has 0 unspecified atom stereocenters. The Balaban J connectivity index is 1.91. The number of hydrogen-bond donors (Lipinski definition) is 1. The number of carbonyl (C=O) groups is 2. The summed E-state index contributed by atoms with van der Waals surface area (Å²) < 4.78 is 0.522. The highest BCUT2D eigenvalue weighted by Gasteiger charge is 2.32. The van der Waals surface area contributed by atoms with Gasteiger partial charge in [0.15, 0.2) is 0 Å². The predicted octanol–water partition coefficient (Wildman–Crippen LogP) is 3.60. The zero-order chi connectivity index (χ0) is 17.3. The van der Waals surface area contributed by atoms with Gasteiger partial charge in [-0.25, -0.2) is 0 Å². The van der Waals surface area contributed by atoms with Gasteiger partial charge in [0.1, 0.15) is 5.75 Å². The number of halogens is 1. The lowest BCUT2D eigenvalue weighted by atomic mass is 10.1. The Labute approximate surface area is 147 Å². The molecule has 2 aromatic rings. The summed E-state index contributed by atoms with van der Waals surface area (Å²) in [4.78, 5) is 25.0. The zero-order valence-electron chi connectivity index (χ0n) is 12.7. The van der Waals surface area contributed by atoms with Gasteiger partial charge in [-0.05, 0) is 58.8 Å². The molecule has 0 radical (unpaired) electrons. The van der Waals surface area contributed by atoms with Gasteiger partial charge in [-0.3, -0.25) is 9.59 Å². The summed E-state index contributed by atoms with van der Waals surface area (Å²) in [6.07, 6.45) is 1.64. The van der Waals surface area contributed by atoms with Crippen molar-refractivity contribution in [3.05, 3.63) is 69.7 Å². The Morgan fingerprint density at radius 3 is 2.58 bits per heavy atom. The molecule has 3 rings (SSSR count). The number of hydrogen-bond acceptors (Lipinski definition) is 4. The quantitative estimate of drug-likeness (QED) is 0.635. The van der Waals surface area contributed by atoms with Crippen molar-refractivity contribution in [2.45, 2.75) is 6.92 Å². The number of hydrazone groups is 1. The Hall–Kier alpha value is -2.73. The summed E-state index contributed by atoms with van der Waals surface area (Å²) in [5.41, 5.74) is 1.92. The van der Waals surface area contributed by atoms with E-state index in [-0.39, 0.29) is 5.75 Å². The number of carbonyl (C=O) groups excluding carboxylic acids is 2. The molecule has 0 saturated heterocycles. The number of phenols is 1. The molecule has 2 aromatic carbocycles. The molecule has 2 amide bonds. The third-order valence-corrected chi connectivity index (χ3v) is 4.19. The second kappa shape index (κ2) is 6.41. The fourth-order valence-corrected chi connectivity index (χ4v) is 2.70. The highest BCUT2D eigenvalue weighted by Crippen LogP contribution is 2.27. The van der Waals surface area contributed by atoms with E-state index in [1.54, 1.807) is 55.5 Å². The van der Waals surface area contributed by atoms with Crippen LogP contribution in [0.4, 0.5) is 0 Å². The molecule has 0 aromatic heterocycles. The summed E-state index contributed by atoms with van der Waals surface area (Å²) in [7, 11) is 0. The van der Waals surface area contributed by atoms with Gasteiger partial charge in [0.25, 0.3) is 11.8 Å². The zero-order valence-corrected chi connectivity index (χ0v) is 14.3. The predicted molar refractivity (Wildman–Crippen MR) is 94.5 cm³/mol. The average molecular weight is 385 g/mol. The monoisotopic (exact) mass is 384 g/mol. The molecule has 24 heavy (non-hydrogen) atoms. The minimum Gasteiger partial charge on any atom is -0.507 e. The van der Waals surface area contributed by atoms with Crippen LogP contribution in [0.5, 0.6) is 5.75 Å². The summed E-state index contributed by atoms with van der Waals surface area (Å²) in [5, 5.41) is 14.5. The van der Waals surface area contributed by atoms with Crippen molar-refractivity contribution >= 4 is 39.5 Å². The third kappa shape index (κ3) is 3.00.